The summed E-state index contributed by atoms with van der Waals surface area (Å²) < 4.78 is 4.14. The lowest BCUT2D eigenvalue weighted by Gasteiger charge is -2.20. The van der Waals surface area contributed by atoms with Crippen molar-refractivity contribution in [1.29, 1.82) is 0 Å². The van der Waals surface area contributed by atoms with Crippen LogP contribution in [0.2, 0.25) is 0 Å². The zero-order valence-electron chi connectivity index (χ0n) is 19.3. The van der Waals surface area contributed by atoms with Gasteiger partial charge in [0.1, 0.15) is 0 Å². The zero-order chi connectivity index (χ0) is 27.1. The normalized spacial score (nSPS) is 8.50. The molecule has 0 aromatic carbocycles. The van der Waals surface area contributed by atoms with Crippen LogP contribution in [0, 0.1) is 5.41 Å². The van der Waals surface area contributed by atoms with Crippen molar-refractivity contribution in [2.75, 3.05) is 26.9 Å². The van der Waals surface area contributed by atoms with Crippen molar-refractivity contribution in [2.45, 2.75) is 27.7 Å². The van der Waals surface area contributed by atoms with Crippen LogP contribution in [-0.2, 0) is 23.9 Å². The third-order valence-corrected chi connectivity index (χ3v) is 2.61. The number of carboxylic acid groups (broad SMARTS) is 3. The Kier molecular flexibility index (Phi) is 29.4. The first-order valence-corrected chi connectivity index (χ1v) is 8.62. The molecule has 0 saturated heterocycles. The molecule has 0 aliphatic rings. The minimum atomic E-state index is -0.935. The molecule has 32 heavy (non-hydrogen) atoms. The number of aliphatic hydroxyl groups is 3. The van der Waals surface area contributed by atoms with Gasteiger partial charge in [-0.05, 0) is 20.8 Å². The highest BCUT2D eigenvalue weighted by atomic mass is 16.5. The van der Waals surface area contributed by atoms with Crippen molar-refractivity contribution in [3.05, 3.63) is 49.1 Å². The molecule has 0 amide bonds. The lowest BCUT2D eigenvalue weighted by molar-refractivity contribution is -0.135. The van der Waals surface area contributed by atoms with Crippen LogP contribution in [0.3, 0.4) is 0 Å². The number of ether oxygens (including phenoxy) is 1. The molecule has 0 saturated carbocycles. The maximum absolute atomic E-state index is 9.84. The minimum absolute atomic E-state index is 0.176. The summed E-state index contributed by atoms with van der Waals surface area (Å²) in [5.74, 6) is -3.20. The van der Waals surface area contributed by atoms with Gasteiger partial charge in [0.2, 0.25) is 0 Å². The predicted octanol–water partition coefficient (Wildman–Crippen LogP) is 1.26. The molecule has 0 aliphatic carbocycles. The Bertz CT molecular complexity index is 524. The van der Waals surface area contributed by atoms with E-state index in [9.17, 15) is 19.2 Å². The molecule has 6 N–H and O–H groups in total. The zero-order valence-corrected chi connectivity index (χ0v) is 19.3. The van der Waals surface area contributed by atoms with Crippen molar-refractivity contribution in [3.63, 3.8) is 0 Å². The lowest BCUT2D eigenvalue weighted by atomic mass is 9.95. The fraction of sp³-hybridized carbons (Fsp3) is 0.429. The highest BCUT2D eigenvalue weighted by Crippen LogP contribution is 2.10. The van der Waals surface area contributed by atoms with Gasteiger partial charge in [-0.1, -0.05) is 33.2 Å². The molecular weight excluding hydrogens is 428 g/mol. The number of hydrogen-bond donors (Lipinski definition) is 6. The number of aliphatic carboxylic acids is 3. The van der Waals surface area contributed by atoms with Gasteiger partial charge in [-0.3, -0.25) is 0 Å². The summed E-state index contributed by atoms with van der Waals surface area (Å²) in [6, 6.07) is 0. The molecule has 0 fully saturated rings. The van der Waals surface area contributed by atoms with Crippen LogP contribution in [0.15, 0.2) is 49.1 Å². The van der Waals surface area contributed by atoms with Crippen LogP contribution in [0.4, 0.5) is 0 Å². The van der Waals surface area contributed by atoms with Crippen LogP contribution in [-0.4, -0.2) is 81.4 Å². The second-order valence-corrected chi connectivity index (χ2v) is 6.27. The number of carboxylic acids is 3. The first-order chi connectivity index (χ1) is 14.4. The lowest BCUT2D eigenvalue weighted by Crippen LogP contribution is -2.29. The number of carbonyl (C=O) groups excluding carboxylic acids is 1. The highest BCUT2D eigenvalue weighted by Gasteiger charge is 2.20. The smallest absolute Gasteiger partial charge is 0.330 e. The summed E-state index contributed by atoms with van der Waals surface area (Å²) in [5.41, 5.74) is -0.181. The predicted molar refractivity (Wildman–Crippen MR) is 119 cm³/mol. The average Bonchev–Trinajstić information content (AvgIpc) is 2.74. The van der Waals surface area contributed by atoms with Crippen LogP contribution in [0.5, 0.6) is 0 Å². The Balaban J connectivity index is -0.0000000955. The number of rotatable bonds is 7. The van der Waals surface area contributed by atoms with E-state index in [1.54, 1.807) is 6.92 Å². The van der Waals surface area contributed by atoms with Crippen molar-refractivity contribution in [3.8, 4) is 0 Å². The maximum Gasteiger partial charge on any atom is 0.330 e. The maximum atomic E-state index is 9.84. The van der Waals surface area contributed by atoms with Gasteiger partial charge in [0.25, 0.3) is 0 Å². The SMILES string of the molecule is C=C(C)C(=O)O.C=C(C)C(=O)O.C=C(C)C(=O)O.C=CC(=O)OC.CC(CO)(CO)CO. The molecule has 0 aromatic rings. The van der Waals surface area contributed by atoms with Gasteiger partial charge >= 0.3 is 23.9 Å². The van der Waals surface area contributed by atoms with E-state index in [-0.39, 0.29) is 36.5 Å². The Morgan fingerprint density at radius 2 is 0.938 bits per heavy atom. The molecule has 0 radical (unpaired) electrons. The first-order valence-electron chi connectivity index (χ1n) is 8.62. The van der Waals surface area contributed by atoms with E-state index in [1.807, 2.05) is 0 Å². The Morgan fingerprint density at radius 3 is 0.938 bits per heavy atom. The van der Waals surface area contributed by atoms with E-state index in [2.05, 4.69) is 31.1 Å². The molecule has 0 heterocycles. The van der Waals surface area contributed by atoms with E-state index >= 15 is 0 Å². The molecule has 0 atom stereocenters. The van der Waals surface area contributed by atoms with E-state index in [1.165, 1.54) is 27.9 Å². The van der Waals surface area contributed by atoms with Crippen molar-refractivity contribution in [1.82, 2.24) is 0 Å². The third-order valence-electron chi connectivity index (χ3n) is 2.61. The fourth-order valence-electron chi connectivity index (χ4n) is 0.233. The summed E-state index contributed by atoms with van der Waals surface area (Å²) in [6.45, 7) is 18.0. The van der Waals surface area contributed by atoms with Crippen LogP contribution in [0.1, 0.15) is 27.7 Å². The number of methoxy groups -OCH3 is 1. The molecule has 0 bridgehead atoms. The van der Waals surface area contributed by atoms with Gasteiger partial charge in [0, 0.05) is 28.2 Å². The van der Waals surface area contributed by atoms with E-state index in [4.69, 9.17) is 30.6 Å². The molecule has 0 rings (SSSR count). The average molecular weight is 465 g/mol. The number of esters is 1. The van der Waals surface area contributed by atoms with Crippen LogP contribution < -0.4 is 0 Å². The van der Waals surface area contributed by atoms with E-state index < -0.39 is 29.3 Å². The Hall–Kier alpha value is -3.28. The fourth-order valence-corrected chi connectivity index (χ4v) is 0.233. The largest absolute Gasteiger partial charge is 0.478 e. The van der Waals surface area contributed by atoms with Crippen molar-refractivity contribution >= 4 is 23.9 Å². The third kappa shape index (κ3) is 37.5. The number of aliphatic hydroxyl groups excluding tert-OH is 3. The summed E-state index contributed by atoms with van der Waals surface area (Å²) in [5, 5.41) is 49.1. The molecule has 11 heteroatoms. The molecule has 186 valence electrons. The summed E-state index contributed by atoms with van der Waals surface area (Å²) >= 11 is 0. The van der Waals surface area contributed by atoms with Gasteiger partial charge < -0.3 is 35.4 Å². The van der Waals surface area contributed by atoms with Crippen molar-refractivity contribution < 1.29 is 54.6 Å². The van der Waals surface area contributed by atoms with Crippen LogP contribution >= 0.6 is 0 Å². The second kappa shape index (κ2) is 24.0. The molecule has 0 spiro atoms. The van der Waals surface area contributed by atoms with Gasteiger partial charge in [-0.2, -0.15) is 0 Å². The molecule has 11 nitrogen and oxygen atoms in total. The Labute approximate surface area is 188 Å². The van der Waals surface area contributed by atoms with Gasteiger partial charge in [-0.25, -0.2) is 19.2 Å². The summed E-state index contributed by atoms with van der Waals surface area (Å²) in [6.07, 6.45) is 1.11. The van der Waals surface area contributed by atoms with Gasteiger partial charge in [0.05, 0.1) is 26.9 Å². The Morgan fingerprint density at radius 1 is 0.750 bits per heavy atom. The molecule has 0 aliphatic heterocycles. The number of carbonyl (C=O) groups is 4. The van der Waals surface area contributed by atoms with Crippen molar-refractivity contribution in [2.24, 2.45) is 5.41 Å². The molecule has 0 aromatic heterocycles. The van der Waals surface area contributed by atoms with Gasteiger partial charge in [-0.15, -0.1) is 0 Å². The molecular formula is C21H36O11. The van der Waals surface area contributed by atoms with Crippen LogP contribution in [0.25, 0.3) is 0 Å². The van der Waals surface area contributed by atoms with E-state index in [0.29, 0.717) is 0 Å². The minimum Gasteiger partial charge on any atom is -0.478 e. The van der Waals surface area contributed by atoms with E-state index in [0.717, 1.165) is 6.08 Å². The topological polar surface area (TPSA) is 199 Å². The first kappa shape index (κ1) is 39.2. The highest BCUT2D eigenvalue weighted by molar-refractivity contribution is 5.85. The standard InChI is InChI=1S/C5H12O3.4C4H6O2/c1-5(2-6,3-7)4-8;1-3-4(5)6-2;3*1-3(2)4(5)6/h6-8H,2-4H2,1H3;3H,1H2,2H3;3*1H2,2H3,(H,5,6). The summed E-state index contributed by atoms with van der Waals surface area (Å²) in [7, 11) is 1.31. The number of hydrogen-bond acceptors (Lipinski definition) is 8. The molecule has 0 unspecified atom stereocenters. The van der Waals surface area contributed by atoms with Gasteiger partial charge in [0.15, 0.2) is 0 Å². The second-order valence-electron chi connectivity index (χ2n) is 6.27. The summed E-state index contributed by atoms with van der Waals surface area (Å²) in [4.78, 5) is 38.6. The quantitative estimate of drug-likeness (QED) is 0.234. The monoisotopic (exact) mass is 464 g/mol.